The molecule has 1 aromatic rings. The van der Waals surface area contributed by atoms with E-state index in [2.05, 4.69) is 5.32 Å². The van der Waals surface area contributed by atoms with Gasteiger partial charge in [0.1, 0.15) is 0 Å². The van der Waals surface area contributed by atoms with E-state index in [-0.39, 0.29) is 18.6 Å². The maximum Gasteiger partial charge on any atom is 0.252 e. The van der Waals surface area contributed by atoms with Crippen LogP contribution in [0.3, 0.4) is 0 Å². The number of amides is 1. The molecule has 106 valence electrons. The van der Waals surface area contributed by atoms with Crippen LogP contribution in [-0.2, 0) is 0 Å². The van der Waals surface area contributed by atoms with Crippen molar-refractivity contribution in [2.45, 2.75) is 37.6 Å². The first-order chi connectivity index (χ1) is 9.08. The van der Waals surface area contributed by atoms with E-state index in [9.17, 15) is 4.79 Å². The van der Waals surface area contributed by atoms with E-state index in [4.69, 9.17) is 16.7 Å². The minimum absolute atomic E-state index is 0.0399. The van der Waals surface area contributed by atoms with Crippen LogP contribution in [0.4, 0.5) is 0 Å². The summed E-state index contributed by atoms with van der Waals surface area (Å²) >= 11 is 7.58. The summed E-state index contributed by atoms with van der Waals surface area (Å²) in [7, 11) is 0. The lowest BCUT2D eigenvalue weighted by atomic mass is 10.1. The predicted molar refractivity (Wildman–Crippen MR) is 81.1 cm³/mol. The molecule has 0 aliphatic heterocycles. The van der Waals surface area contributed by atoms with Crippen LogP contribution in [0, 0.1) is 0 Å². The number of rotatable bonds is 7. The van der Waals surface area contributed by atoms with Gasteiger partial charge in [0.15, 0.2) is 0 Å². The average Bonchev–Trinajstić information content (AvgIpc) is 2.38. The second-order valence-electron chi connectivity index (χ2n) is 4.31. The van der Waals surface area contributed by atoms with E-state index in [0.29, 0.717) is 17.0 Å². The van der Waals surface area contributed by atoms with E-state index >= 15 is 0 Å². The molecular formula is C14H20ClNO2S. The van der Waals surface area contributed by atoms with Gasteiger partial charge in [-0.05, 0) is 43.7 Å². The van der Waals surface area contributed by atoms with Crippen molar-refractivity contribution in [2.75, 3.05) is 12.4 Å². The van der Waals surface area contributed by atoms with Crippen LogP contribution < -0.4 is 5.32 Å². The third-order valence-corrected chi connectivity index (χ3v) is 3.85. The summed E-state index contributed by atoms with van der Waals surface area (Å²) in [5.74, 6) is 0.797. The second kappa shape index (κ2) is 8.46. The summed E-state index contributed by atoms with van der Waals surface area (Å²) in [5, 5.41) is 12.3. The number of halogens is 1. The SMILES string of the molecule is CCSc1ccc(Cl)cc1C(=O)NC(C)CCCO. The van der Waals surface area contributed by atoms with E-state index in [1.165, 1.54) is 0 Å². The van der Waals surface area contributed by atoms with Gasteiger partial charge >= 0.3 is 0 Å². The Morgan fingerprint density at radius 2 is 2.26 bits per heavy atom. The highest BCUT2D eigenvalue weighted by molar-refractivity contribution is 7.99. The topological polar surface area (TPSA) is 49.3 Å². The van der Waals surface area contributed by atoms with Crippen molar-refractivity contribution in [1.82, 2.24) is 5.32 Å². The van der Waals surface area contributed by atoms with Gasteiger partial charge in [0.25, 0.3) is 5.91 Å². The van der Waals surface area contributed by atoms with Crippen molar-refractivity contribution in [3.05, 3.63) is 28.8 Å². The van der Waals surface area contributed by atoms with Crippen molar-refractivity contribution in [1.29, 1.82) is 0 Å². The Bertz CT molecular complexity index is 426. The molecule has 0 heterocycles. The summed E-state index contributed by atoms with van der Waals surface area (Å²) in [6, 6.07) is 5.42. The molecule has 1 atom stereocenters. The number of carbonyl (C=O) groups excluding carboxylic acids is 1. The number of carbonyl (C=O) groups is 1. The smallest absolute Gasteiger partial charge is 0.252 e. The molecule has 1 unspecified atom stereocenters. The largest absolute Gasteiger partial charge is 0.396 e. The Morgan fingerprint density at radius 1 is 1.53 bits per heavy atom. The van der Waals surface area contributed by atoms with Gasteiger partial charge < -0.3 is 10.4 Å². The predicted octanol–water partition coefficient (Wildman–Crippen LogP) is 3.34. The van der Waals surface area contributed by atoms with Gasteiger partial charge in [-0.1, -0.05) is 18.5 Å². The van der Waals surface area contributed by atoms with Crippen molar-refractivity contribution >= 4 is 29.3 Å². The number of aliphatic hydroxyl groups is 1. The molecule has 1 rings (SSSR count). The Balaban J connectivity index is 2.77. The minimum Gasteiger partial charge on any atom is -0.396 e. The molecule has 2 N–H and O–H groups in total. The molecule has 0 saturated carbocycles. The molecule has 0 bridgehead atoms. The second-order valence-corrected chi connectivity index (χ2v) is 6.06. The number of benzene rings is 1. The Morgan fingerprint density at radius 3 is 2.89 bits per heavy atom. The number of hydrogen-bond acceptors (Lipinski definition) is 3. The lowest BCUT2D eigenvalue weighted by molar-refractivity contribution is 0.0933. The zero-order valence-corrected chi connectivity index (χ0v) is 12.9. The first-order valence-electron chi connectivity index (χ1n) is 6.42. The fourth-order valence-corrected chi connectivity index (χ4v) is 2.69. The van der Waals surface area contributed by atoms with E-state index in [0.717, 1.165) is 17.1 Å². The standard InChI is InChI=1S/C14H20ClNO2S/c1-3-19-13-7-6-11(15)9-12(13)14(18)16-10(2)5-4-8-17/h6-7,9-10,17H,3-5,8H2,1-2H3,(H,16,18). The summed E-state index contributed by atoms with van der Waals surface area (Å²) in [6.07, 6.45) is 1.45. The zero-order valence-electron chi connectivity index (χ0n) is 11.3. The number of hydrogen-bond donors (Lipinski definition) is 2. The number of aliphatic hydroxyl groups excluding tert-OH is 1. The molecule has 1 aromatic carbocycles. The van der Waals surface area contributed by atoms with Gasteiger partial charge in [-0.25, -0.2) is 0 Å². The highest BCUT2D eigenvalue weighted by Gasteiger charge is 2.14. The molecular weight excluding hydrogens is 282 g/mol. The van der Waals surface area contributed by atoms with E-state index in [1.807, 2.05) is 19.9 Å². The van der Waals surface area contributed by atoms with Crippen molar-refractivity contribution in [3.63, 3.8) is 0 Å². The van der Waals surface area contributed by atoms with Crippen LogP contribution in [0.5, 0.6) is 0 Å². The lowest BCUT2D eigenvalue weighted by Crippen LogP contribution is -2.33. The monoisotopic (exact) mass is 301 g/mol. The normalized spacial score (nSPS) is 12.2. The van der Waals surface area contributed by atoms with Gasteiger partial charge in [-0.15, -0.1) is 11.8 Å². The summed E-state index contributed by atoms with van der Waals surface area (Å²) in [6.45, 7) is 4.13. The highest BCUT2D eigenvalue weighted by Crippen LogP contribution is 2.25. The number of thioether (sulfide) groups is 1. The molecule has 0 aliphatic rings. The summed E-state index contributed by atoms with van der Waals surface area (Å²) < 4.78 is 0. The van der Waals surface area contributed by atoms with Crippen molar-refractivity contribution in [2.24, 2.45) is 0 Å². The Hall–Kier alpha value is -0.710. The fraction of sp³-hybridized carbons (Fsp3) is 0.500. The third-order valence-electron chi connectivity index (χ3n) is 2.66. The van der Waals surface area contributed by atoms with Gasteiger partial charge in [-0.3, -0.25) is 4.79 Å². The molecule has 0 saturated heterocycles. The highest BCUT2D eigenvalue weighted by atomic mass is 35.5. The Labute approximate surface area is 123 Å². The van der Waals surface area contributed by atoms with Crippen LogP contribution in [0.1, 0.15) is 37.0 Å². The molecule has 5 heteroatoms. The Kier molecular flexibility index (Phi) is 7.28. The first kappa shape index (κ1) is 16.3. The molecule has 1 amide bonds. The van der Waals surface area contributed by atoms with Crippen LogP contribution >= 0.6 is 23.4 Å². The van der Waals surface area contributed by atoms with Gasteiger partial charge in [-0.2, -0.15) is 0 Å². The summed E-state index contributed by atoms with van der Waals surface area (Å²) in [5.41, 5.74) is 0.621. The maximum atomic E-state index is 12.2. The van der Waals surface area contributed by atoms with Crippen LogP contribution in [0.2, 0.25) is 5.02 Å². The van der Waals surface area contributed by atoms with Crippen molar-refractivity contribution < 1.29 is 9.90 Å². The van der Waals surface area contributed by atoms with E-state index < -0.39 is 0 Å². The van der Waals surface area contributed by atoms with Crippen molar-refractivity contribution in [3.8, 4) is 0 Å². The molecule has 0 radical (unpaired) electrons. The van der Waals surface area contributed by atoms with Crippen LogP contribution in [-0.4, -0.2) is 29.4 Å². The maximum absolute atomic E-state index is 12.2. The fourth-order valence-electron chi connectivity index (χ4n) is 1.73. The van der Waals surface area contributed by atoms with E-state index in [1.54, 1.807) is 23.9 Å². The first-order valence-corrected chi connectivity index (χ1v) is 7.79. The van der Waals surface area contributed by atoms with Crippen LogP contribution in [0.15, 0.2) is 23.1 Å². The van der Waals surface area contributed by atoms with Gasteiger partial charge in [0.05, 0.1) is 5.56 Å². The third kappa shape index (κ3) is 5.43. The van der Waals surface area contributed by atoms with Gasteiger partial charge in [0, 0.05) is 22.6 Å². The van der Waals surface area contributed by atoms with Gasteiger partial charge in [0.2, 0.25) is 0 Å². The molecule has 3 nitrogen and oxygen atoms in total. The molecule has 0 aromatic heterocycles. The number of nitrogens with one attached hydrogen (secondary N) is 1. The summed E-state index contributed by atoms with van der Waals surface area (Å²) in [4.78, 5) is 13.2. The molecule has 0 aliphatic carbocycles. The lowest BCUT2D eigenvalue weighted by Gasteiger charge is -2.15. The van der Waals surface area contributed by atoms with Crippen LogP contribution in [0.25, 0.3) is 0 Å². The zero-order chi connectivity index (χ0) is 14.3. The molecule has 0 spiro atoms. The molecule has 19 heavy (non-hydrogen) atoms. The average molecular weight is 302 g/mol. The minimum atomic E-state index is -0.108. The quantitative estimate of drug-likeness (QED) is 0.759. The molecule has 0 fully saturated rings.